The van der Waals surface area contributed by atoms with Crippen LogP contribution in [0.4, 0.5) is 17.6 Å². The largest absolute Gasteiger partial charge is 0.419 e. The van der Waals surface area contributed by atoms with E-state index in [1.54, 1.807) is 27.7 Å². The number of rotatable bonds is 10. The van der Waals surface area contributed by atoms with Gasteiger partial charge in [-0.1, -0.05) is 99.0 Å². The molecule has 2 aliphatic carbocycles. The molecule has 4 fully saturated rings. The average molecular weight is 1270 g/mol. The number of hydrogen-bond donors (Lipinski definition) is 4. The van der Waals surface area contributed by atoms with E-state index in [2.05, 4.69) is 21.3 Å². The van der Waals surface area contributed by atoms with Crippen LogP contribution >= 0.6 is 0 Å². The fraction of sp³-hybridized carbons (Fsp3) is 0.734. The summed E-state index contributed by atoms with van der Waals surface area (Å²) in [6, 6.07) is -5.60. The summed E-state index contributed by atoms with van der Waals surface area (Å²) in [6.45, 7) is 10.8. The van der Waals surface area contributed by atoms with Crippen LogP contribution in [0.2, 0.25) is 0 Å². The first-order chi connectivity index (χ1) is 42.1. The molecule has 11 amide bonds. The number of aryl methyl sites for hydroxylation is 1. The van der Waals surface area contributed by atoms with Crippen LogP contribution in [0.1, 0.15) is 162 Å². The number of alkyl halides is 3. The zero-order valence-corrected chi connectivity index (χ0v) is 55.1. The Hall–Kier alpha value is -6.89. The number of nitrogens with one attached hydrogen (secondary N) is 4. The van der Waals surface area contributed by atoms with Gasteiger partial charge in [0.25, 0.3) is 0 Å². The first-order valence-electron chi connectivity index (χ1n) is 32.0. The van der Waals surface area contributed by atoms with Gasteiger partial charge in [0.05, 0.1) is 25.2 Å². The van der Waals surface area contributed by atoms with E-state index in [0.29, 0.717) is 37.8 Å². The smallest absolute Gasteiger partial charge is 0.351 e. The molecule has 0 unspecified atom stereocenters. The first kappa shape index (κ1) is 73.8. The minimum absolute atomic E-state index is 0.0166. The molecule has 1 aromatic rings. The van der Waals surface area contributed by atoms with Gasteiger partial charge < -0.3 is 55.6 Å². The van der Waals surface area contributed by atoms with E-state index in [-0.39, 0.29) is 75.3 Å². The van der Waals surface area contributed by atoms with Crippen molar-refractivity contribution in [2.75, 3.05) is 68.5 Å². The van der Waals surface area contributed by atoms with E-state index in [4.69, 9.17) is 0 Å². The summed E-state index contributed by atoms with van der Waals surface area (Å²) >= 11 is 0. The summed E-state index contributed by atoms with van der Waals surface area (Å²) < 4.78 is 55.7. The summed E-state index contributed by atoms with van der Waals surface area (Å²) in [5, 5.41) is 11.4. The van der Waals surface area contributed by atoms with Crippen molar-refractivity contribution in [3.8, 4) is 0 Å². The Morgan fingerprint density at radius 2 is 1.26 bits per heavy atom. The van der Waals surface area contributed by atoms with Crippen LogP contribution in [0.5, 0.6) is 0 Å². The van der Waals surface area contributed by atoms with E-state index in [1.807, 2.05) is 20.8 Å². The highest BCUT2D eigenvalue weighted by Gasteiger charge is 2.50. The number of fused-ring (bicyclic) bond motifs is 1. The molecular weight excluding hydrogens is 1170 g/mol. The number of carbonyl (C=O) groups excluding carboxylic acids is 11. The van der Waals surface area contributed by atoms with Crippen LogP contribution in [-0.2, 0) is 65.3 Å². The molecule has 90 heavy (non-hydrogen) atoms. The molecule has 2 aliphatic heterocycles. The molecule has 8 atom stereocenters. The second-order valence-electron chi connectivity index (χ2n) is 26.6. The molecule has 5 rings (SSSR count). The predicted molar refractivity (Wildman–Crippen MR) is 327 cm³/mol. The van der Waals surface area contributed by atoms with Gasteiger partial charge in [-0.2, -0.15) is 13.2 Å². The molecule has 22 nitrogen and oxygen atoms in total. The van der Waals surface area contributed by atoms with Crippen molar-refractivity contribution in [1.29, 1.82) is 0 Å². The second kappa shape index (κ2) is 32.4. The molecular formula is C64H99F4N11O11. The zero-order chi connectivity index (χ0) is 67.3. The minimum Gasteiger partial charge on any atom is -0.351 e. The molecule has 2 heterocycles. The van der Waals surface area contributed by atoms with E-state index < -0.39 is 162 Å². The summed E-state index contributed by atoms with van der Waals surface area (Å²) in [6.07, 6.45) is 1.30. The van der Waals surface area contributed by atoms with E-state index in [1.165, 1.54) is 61.9 Å². The Morgan fingerprint density at radius 3 is 1.84 bits per heavy atom. The lowest BCUT2D eigenvalue weighted by atomic mass is 9.84. The van der Waals surface area contributed by atoms with E-state index >= 15 is 0 Å². The van der Waals surface area contributed by atoms with Crippen molar-refractivity contribution >= 4 is 65.0 Å². The van der Waals surface area contributed by atoms with Gasteiger partial charge in [-0.25, -0.2) is 4.39 Å². The van der Waals surface area contributed by atoms with Gasteiger partial charge in [-0.05, 0) is 99.7 Å². The Bertz CT molecular complexity index is 2760. The fourth-order valence-electron chi connectivity index (χ4n) is 13.0. The second-order valence-corrected chi connectivity index (χ2v) is 26.6. The van der Waals surface area contributed by atoms with E-state index in [0.717, 1.165) is 52.9 Å². The van der Waals surface area contributed by atoms with Gasteiger partial charge in [-0.3, -0.25) is 52.7 Å². The van der Waals surface area contributed by atoms with Crippen molar-refractivity contribution < 1.29 is 70.3 Å². The maximum atomic E-state index is 15.0. The number of nitrogens with zero attached hydrogens (tertiary/aromatic N) is 7. The number of amides is 11. The van der Waals surface area contributed by atoms with Gasteiger partial charge in [0.1, 0.15) is 47.6 Å². The number of benzene rings is 1. The van der Waals surface area contributed by atoms with Crippen molar-refractivity contribution in [2.45, 2.75) is 212 Å². The van der Waals surface area contributed by atoms with Crippen LogP contribution in [-0.4, -0.2) is 216 Å². The number of hydrogen-bond acceptors (Lipinski definition) is 11. The molecule has 1 aromatic carbocycles. The third-order valence-corrected chi connectivity index (χ3v) is 18.6. The monoisotopic (exact) mass is 1270 g/mol. The summed E-state index contributed by atoms with van der Waals surface area (Å²) in [5.41, 5.74) is -2.95. The molecule has 4 aliphatic rings. The molecule has 1 spiro atoms. The van der Waals surface area contributed by atoms with E-state index in [9.17, 15) is 70.3 Å². The summed E-state index contributed by atoms with van der Waals surface area (Å²) in [7, 11) is 8.46. The molecule has 0 bridgehead atoms. The highest BCUT2D eigenvalue weighted by atomic mass is 19.4. The van der Waals surface area contributed by atoms with Crippen molar-refractivity contribution in [2.24, 2.45) is 23.7 Å². The van der Waals surface area contributed by atoms with Gasteiger partial charge in [-0.15, -0.1) is 0 Å². The standard InChI is InChI=1S/C64H99F4N11O11/c1-14-40(6)54-61(89)75(10)36-52(82)73(8)37-53(83)77(12)49(34-42-21-16-15-17-22-42)60(88)74(9)35-50(80)70-46(27-25-43-24-26-44(45(65)33-43)64(66,67)68)59(87)79-30-20-23-47(79)57(85)72-63(28-18-19-29-63)62(90)78(13)55(39(4)5)58(86)69-41(7)32-51(81)76(11)48(31-38(2)3)56(84)71-54/h24,26,33,38-42,46-49,54-55H,14-23,25,27-32,34-37H2,1-13H3,(H,69,86)(H,70,80)(H,71,84)(H,72,85)/t40-,41+,46-,47-,48-,49-,54-,55-/m0/s1. The quantitative estimate of drug-likeness (QED) is 0.235. The minimum atomic E-state index is -4.99. The van der Waals surface area contributed by atoms with Crippen LogP contribution in [0.3, 0.4) is 0 Å². The van der Waals surface area contributed by atoms with Gasteiger partial charge >= 0.3 is 6.18 Å². The highest BCUT2D eigenvalue weighted by Crippen LogP contribution is 2.35. The Balaban J connectivity index is 1.54. The average Bonchev–Trinajstić information content (AvgIpc) is 1.54. The molecule has 26 heteroatoms. The lowest BCUT2D eigenvalue weighted by Gasteiger charge is -2.39. The molecule has 504 valence electrons. The predicted octanol–water partition coefficient (Wildman–Crippen LogP) is 4.65. The highest BCUT2D eigenvalue weighted by molar-refractivity contribution is 5.99. The Kier molecular flexibility index (Phi) is 26.6. The SMILES string of the molecule is CC[C@H](C)[C@@H]1NC(=O)[C@H](CC(C)C)N(C)C(=O)C[C@@H](C)NC(=O)[C@H](C(C)C)N(C)C(=O)C2(CCCC2)NC(=O)[C@@H]2CCCN2C(=O)[C@H](CCc2ccc(C(F)(F)F)c(F)c2)NC(=O)CN(C)C(=O)[C@H](CC2CCCCC2)N(C)C(=O)CN(C)C(=O)CN(C)C1=O. The van der Waals surface area contributed by atoms with Crippen molar-refractivity contribution in [3.63, 3.8) is 0 Å². The maximum Gasteiger partial charge on any atom is 0.419 e. The number of halogens is 4. The number of carbonyl (C=O) groups is 11. The van der Waals surface area contributed by atoms with Crippen LogP contribution < -0.4 is 21.3 Å². The third kappa shape index (κ3) is 19.1. The summed E-state index contributed by atoms with van der Waals surface area (Å²) in [4.78, 5) is 167. The molecule has 0 aromatic heterocycles. The van der Waals surface area contributed by atoms with Gasteiger partial charge in [0.2, 0.25) is 65.0 Å². The van der Waals surface area contributed by atoms with Crippen LogP contribution in [0, 0.1) is 29.5 Å². The normalized spacial score (nSPS) is 26.3. The van der Waals surface area contributed by atoms with Gasteiger partial charge in [0, 0.05) is 61.3 Å². The lowest BCUT2D eigenvalue weighted by Crippen LogP contribution is -2.64. The van der Waals surface area contributed by atoms with Gasteiger partial charge in [0.15, 0.2) is 0 Å². The molecule has 2 saturated carbocycles. The zero-order valence-electron chi connectivity index (χ0n) is 55.1. The number of likely N-dealkylation sites (N-methyl/N-ethyl adjacent to an activating group) is 6. The lowest BCUT2D eigenvalue weighted by molar-refractivity contribution is -0.149. The van der Waals surface area contributed by atoms with Crippen molar-refractivity contribution in [3.05, 3.63) is 35.1 Å². The maximum absolute atomic E-state index is 15.0. The molecule has 4 N–H and O–H groups in total. The van der Waals surface area contributed by atoms with Crippen LogP contribution in [0.15, 0.2) is 18.2 Å². The third-order valence-electron chi connectivity index (χ3n) is 18.6. The molecule has 0 radical (unpaired) electrons. The Labute approximate surface area is 528 Å². The first-order valence-corrected chi connectivity index (χ1v) is 32.0. The topological polar surface area (TPSA) is 259 Å². The Morgan fingerprint density at radius 1 is 0.644 bits per heavy atom. The molecule has 2 saturated heterocycles. The van der Waals surface area contributed by atoms with Crippen LogP contribution in [0.25, 0.3) is 0 Å². The van der Waals surface area contributed by atoms with Crippen molar-refractivity contribution in [1.82, 2.24) is 55.6 Å². The summed E-state index contributed by atoms with van der Waals surface area (Å²) in [5.74, 6) is -9.65. The fourth-order valence-corrected chi connectivity index (χ4v) is 13.0.